The lowest BCUT2D eigenvalue weighted by atomic mass is 9.91. The minimum atomic E-state index is 0.102. The Labute approximate surface area is 157 Å². The maximum absolute atomic E-state index is 12.0. The van der Waals surface area contributed by atoms with Crippen molar-refractivity contribution < 1.29 is 9.59 Å². The summed E-state index contributed by atoms with van der Waals surface area (Å²) in [6.45, 7) is 16.8. The highest BCUT2D eigenvalue weighted by atomic mass is 16.2. The molecule has 5 heteroatoms. The van der Waals surface area contributed by atoms with Gasteiger partial charge in [-0.05, 0) is 63.8 Å². The first-order valence-electron chi connectivity index (χ1n) is 9.53. The Morgan fingerprint density at radius 3 is 2.15 bits per heavy atom. The molecule has 0 radical (unpaired) electrons. The van der Waals surface area contributed by atoms with Crippen LogP contribution in [0.1, 0.15) is 53.4 Å². The molecule has 1 N–H and O–H groups in total. The van der Waals surface area contributed by atoms with E-state index in [1.807, 2.05) is 20.8 Å². The third-order valence-corrected chi connectivity index (χ3v) is 5.15. The Hall–Kier alpha value is -1.72. The molecule has 1 fully saturated rings. The first-order valence-corrected chi connectivity index (χ1v) is 9.53. The lowest BCUT2D eigenvalue weighted by Gasteiger charge is -2.35. The fourth-order valence-electron chi connectivity index (χ4n) is 3.91. The van der Waals surface area contributed by atoms with Gasteiger partial charge >= 0.3 is 0 Å². The van der Waals surface area contributed by atoms with Gasteiger partial charge in [0.1, 0.15) is 0 Å². The van der Waals surface area contributed by atoms with Crippen LogP contribution in [0.3, 0.4) is 0 Å². The van der Waals surface area contributed by atoms with E-state index in [0.717, 1.165) is 49.4 Å². The van der Waals surface area contributed by atoms with Crippen LogP contribution in [0.2, 0.25) is 0 Å². The van der Waals surface area contributed by atoms with Crippen LogP contribution >= 0.6 is 0 Å². The Morgan fingerprint density at radius 2 is 1.62 bits per heavy atom. The number of benzene rings is 1. The summed E-state index contributed by atoms with van der Waals surface area (Å²) in [6, 6.07) is 2.32. The average molecular weight is 360 g/mol. The van der Waals surface area contributed by atoms with Crippen LogP contribution < -0.4 is 5.32 Å². The fourth-order valence-corrected chi connectivity index (χ4v) is 3.91. The van der Waals surface area contributed by atoms with Gasteiger partial charge in [0.25, 0.3) is 0 Å². The van der Waals surface area contributed by atoms with E-state index in [2.05, 4.69) is 35.0 Å². The smallest absolute Gasteiger partial charge is 0.234 e. The summed E-state index contributed by atoms with van der Waals surface area (Å²) in [7, 11) is 0. The van der Waals surface area contributed by atoms with Gasteiger partial charge in [-0.25, -0.2) is 0 Å². The van der Waals surface area contributed by atoms with Gasteiger partial charge in [0.2, 0.25) is 5.91 Å². The summed E-state index contributed by atoms with van der Waals surface area (Å²) in [6.07, 6.45) is 0. The molecular weight excluding hydrogens is 326 g/mol. The molecule has 2 rings (SSSR count). The monoisotopic (exact) mass is 359 g/mol. The van der Waals surface area contributed by atoms with Crippen molar-refractivity contribution >= 4 is 11.7 Å². The number of amides is 1. The highest BCUT2D eigenvalue weighted by Gasteiger charge is 2.21. The summed E-state index contributed by atoms with van der Waals surface area (Å²) in [5, 5.41) is 2.95. The van der Waals surface area contributed by atoms with Gasteiger partial charge in [-0.3, -0.25) is 19.4 Å². The van der Waals surface area contributed by atoms with Crippen LogP contribution in [-0.4, -0.2) is 60.3 Å². The molecule has 1 aliphatic heterocycles. The van der Waals surface area contributed by atoms with Crippen LogP contribution in [0.25, 0.3) is 0 Å². The molecule has 0 spiro atoms. The van der Waals surface area contributed by atoms with Gasteiger partial charge < -0.3 is 5.32 Å². The van der Waals surface area contributed by atoms with Crippen molar-refractivity contribution in [2.75, 3.05) is 32.7 Å². The number of Topliss-reactive ketones (excluding diaryl/α,β-unsaturated/α-hetero) is 1. The van der Waals surface area contributed by atoms with Crippen molar-refractivity contribution in [3.05, 3.63) is 33.9 Å². The van der Waals surface area contributed by atoms with Crippen LogP contribution in [0.4, 0.5) is 0 Å². The molecule has 1 amide bonds. The van der Waals surface area contributed by atoms with Crippen molar-refractivity contribution in [3.63, 3.8) is 0 Å². The van der Waals surface area contributed by atoms with Crippen molar-refractivity contribution in [2.24, 2.45) is 0 Å². The predicted octanol–water partition coefficient (Wildman–Crippen LogP) is 2.46. The van der Waals surface area contributed by atoms with E-state index < -0.39 is 0 Å². The summed E-state index contributed by atoms with van der Waals surface area (Å²) >= 11 is 0. The van der Waals surface area contributed by atoms with Gasteiger partial charge in [-0.15, -0.1) is 0 Å². The van der Waals surface area contributed by atoms with Gasteiger partial charge in [0.05, 0.1) is 6.54 Å². The molecule has 0 aromatic heterocycles. The molecule has 1 aromatic carbocycles. The van der Waals surface area contributed by atoms with Crippen molar-refractivity contribution in [3.8, 4) is 0 Å². The van der Waals surface area contributed by atoms with Crippen LogP contribution in [0, 0.1) is 20.8 Å². The number of ketones is 1. The lowest BCUT2D eigenvalue weighted by Crippen LogP contribution is -2.49. The average Bonchev–Trinajstić information content (AvgIpc) is 2.51. The number of piperazine rings is 1. The summed E-state index contributed by atoms with van der Waals surface area (Å²) in [5.41, 5.74) is 5.58. The summed E-state index contributed by atoms with van der Waals surface area (Å²) in [5.74, 6) is 0.243. The number of rotatable bonds is 6. The summed E-state index contributed by atoms with van der Waals surface area (Å²) < 4.78 is 0. The van der Waals surface area contributed by atoms with Gasteiger partial charge in [-0.1, -0.05) is 6.07 Å². The zero-order valence-electron chi connectivity index (χ0n) is 17.1. The largest absolute Gasteiger partial charge is 0.353 e. The zero-order chi connectivity index (χ0) is 19.4. The van der Waals surface area contributed by atoms with Crippen LogP contribution in [-0.2, 0) is 11.3 Å². The first kappa shape index (κ1) is 20.6. The number of carbonyl (C=O) groups is 2. The molecule has 1 heterocycles. The van der Waals surface area contributed by atoms with Crippen LogP contribution in [0.15, 0.2) is 6.07 Å². The van der Waals surface area contributed by atoms with Gasteiger partial charge in [0, 0.05) is 44.3 Å². The molecule has 144 valence electrons. The summed E-state index contributed by atoms with van der Waals surface area (Å²) in [4.78, 5) is 28.6. The first-order chi connectivity index (χ1) is 12.2. The third-order valence-electron chi connectivity index (χ3n) is 5.15. The minimum Gasteiger partial charge on any atom is -0.353 e. The molecule has 0 unspecified atom stereocenters. The quantitative estimate of drug-likeness (QED) is 0.793. The highest BCUT2D eigenvalue weighted by molar-refractivity contribution is 5.97. The van der Waals surface area contributed by atoms with Crippen molar-refractivity contribution in [2.45, 2.75) is 54.1 Å². The standard InChI is InChI=1S/C21H33N3O2/c1-14(2)22-20(26)13-24-9-7-23(8-10-24)12-19-15(3)11-16(4)21(17(19)5)18(6)25/h11,14H,7-10,12-13H2,1-6H3,(H,22,26). The lowest BCUT2D eigenvalue weighted by molar-refractivity contribution is -0.123. The van der Waals surface area contributed by atoms with E-state index in [4.69, 9.17) is 0 Å². The second-order valence-corrected chi connectivity index (χ2v) is 7.82. The molecule has 26 heavy (non-hydrogen) atoms. The van der Waals surface area contributed by atoms with E-state index in [-0.39, 0.29) is 17.7 Å². The predicted molar refractivity (Wildman–Crippen MR) is 106 cm³/mol. The van der Waals surface area contributed by atoms with E-state index in [0.29, 0.717) is 6.54 Å². The molecule has 1 aliphatic rings. The van der Waals surface area contributed by atoms with Crippen molar-refractivity contribution in [1.82, 2.24) is 15.1 Å². The van der Waals surface area contributed by atoms with Gasteiger partial charge in [0.15, 0.2) is 5.78 Å². The normalized spacial score (nSPS) is 16.1. The SMILES string of the molecule is CC(=O)c1c(C)cc(C)c(CN2CCN(CC(=O)NC(C)C)CC2)c1C. The van der Waals surface area contributed by atoms with Crippen LogP contribution in [0.5, 0.6) is 0 Å². The number of hydrogen-bond donors (Lipinski definition) is 1. The Kier molecular flexibility index (Phi) is 6.95. The Morgan fingerprint density at radius 1 is 1.04 bits per heavy atom. The maximum atomic E-state index is 12.0. The molecule has 0 atom stereocenters. The van der Waals surface area contributed by atoms with E-state index >= 15 is 0 Å². The number of nitrogens with zero attached hydrogens (tertiary/aromatic N) is 2. The molecule has 0 aliphatic carbocycles. The second kappa shape index (κ2) is 8.78. The Balaban J connectivity index is 1.99. The molecule has 0 bridgehead atoms. The number of aryl methyl sites for hydroxylation is 2. The third kappa shape index (κ3) is 5.15. The number of hydrogen-bond acceptors (Lipinski definition) is 4. The molecule has 1 saturated heterocycles. The van der Waals surface area contributed by atoms with Gasteiger partial charge in [-0.2, -0.15) is 0 Å². The number of nitrogens with one attached hydrogen (secondary N) is 1. The Bertz CT molecular complexity index is 674. The highest BCUT2D eigenvalue weighted by Crippen LogP contribution is 2.24. The second-order valence-electron chi connectivity index (χ2n) is 7.82. The van der Waals surface area contributed by atoms with E-state index in [9.17, 15) is 9.59 Å². The fraction of sp³-hybridized carbons (Fsp3) is 0.619. The molecule has 5 nitrogen and oxygen atoms in total. The molecular formula is C21H33N3O2. The maximum Gasteiger partial charge on any atom is 0.234 e. The van der Waals surface area contributed by atoms with E-state index in [1.54, 1.807) is 6.92 Å². The van der Waals surface area contributed by atoms with E-state index in [1.165, 1.54) is 11.1 Å². The van der Waals surface area contributed by atoms with Crippen molar-refractivity contribution in [1.29, 1.82) is 0 Å². The zero-order valence-corrected chi connectivity index (χ0v) is 17.1. The topological polar surface area (TPSA) is 52.7 Å². The minimum absolute atomic E-state index is 0.102. The molecule has 0 saturated carbocycles. The molecule has 1 aromatic rings. The number of carbonyl (C=O) groups excluding carboxylic acids is 2.